The number of hydrogen-bond acceptors (Lipinski definition) is 1. The van der Waals surface area contributed by atoms with E-state index in [-0.39, 0.29) is 0 Å². The van der Waals surface area contributed by atoms with Gasteiger partial charge in [-0.15, -0.1) is 0 Å². The van der Waals surface area contributed by atoms with Crippen LogP contribution in [0.1, 0.15) is 61.3 Å². The van der Waals surface area contributed by atoms with Gasteiger partial charge in [-0.05, 0) is 37.1 Å². The summed E-state index contributed by atoms with van der Waals surface area (Å²) in [5.74, 6) is 0.762. The lowest BCUT2D eigenvalue weighted by atomic mass is 9.62. The highest BCUT2D eigenvalue weighted by Gasteiger charge is 2.37. The van der Waals surface area contributed by atoms with Crippen LogP contribution in [0.25, 0.3) is 0 Å². The smallest absolute Gasteiger partial charge is 0.00387 e. The first kappa shape index (κ1) is 15.0. The molecule has 0 spiro atoms. The van der Waals surface area contributed by atoms with Crippen LogP contribution in [-0.2, 0) is 0 Å². The average Bonchev–Trinajstić information content (AvgIpc) is 2.11. The van der Waals surface area contributed by atoms with Crippen molar-refractivity contribution in [3.8, 4) is 0 Å². The summed E-state index contributed by atoms with van der Waals surface area (Å²) in [6, 6.07) is 0.611. The minimum atomic E-state index is 0.393. The Bertz CT molecular complexity index is 176. The molecule has 0 rings (SSSR count). The minimum absolute atomic E-state index is 0.393. The summed E-state index contributed by atoms with van der Waals surface area (Å²) in [6.45, 7) is 16.5. The maximum Gasteiger partial charge on any atom is 0.00387 e. The maximum atomic E-state index is 3.36. The predicted octanol–water partition coefficient (Wildman–Crippen LogP) is 4.08. The maximum absolute atomic E-state index is 3.36. The third-order valence-electron chi connectivity index (χ3n) is 3.98. The topological polar surface area (TPSA) is 12.0 Å². The molecule has 0 aliphatic rings. The van der Waals surface area contributed by atoms with E-state index in [2.05, 4.69) is 60.8 Å². The van der Waals surface area contributed by atoms with Crippen LogP contribution in [0.3, 0.4) is 0 Å². The average molecular weight is 213 g/mol. The molecule has 15 heavy (non-hydrogen) atoms. The Kier molecular flexibility index (Phi) is 5.32. The van der Waals surface area contributed by atoms with Gasteiger partial charge in [0.2, 0.25) is 0 Å². The van der Waals surface area contributed by atoms with Crippen molar-refractivity contribution in [3.63, 3.8) is 0 Å². The van der Waals surface area contributed by atoms with Crippen molar-refractivity contribution >= 4 is 0 Å². The van der Waals surface area contributed by atoms with Crippen LogP contribution in [0.2, 0.25) is 0 Å². The summed E-state index contributed by atoms with van der Waals surface area (Å²) >= 11 is 0. The fourth-order valence-corrected chi connectivity index (χ4v) is 2.56. The normalized spacial score (nSPS) is 17.6. The molecular weight excluding hydrogens is 182 g/mol. The molecule has 0 aliphatic heterocycles. The van der Waals surface area contributed by atoms with Gasteiger partial charge in [-0.1, -0.05) is 48.0 Å². The number of hydrogen-bond donors (Lipinski definition) is 1. The Morgan fingerprint density at radius 1 is 1.07 bits per heavy atom. The Balaban J connectivity index is 4.75. The zero-order valence-electron chi connectivity index (χ0n) is 12.1. The molecule has 0 radical (unpaired) electrons. The van der Waals surface area contributed by atoms with E-state index < -0.39 is 0 Å². The molecule has 0 saturated carbocycles. The third-order valence-corrected chi connectivity index (χ3v) is 3.98. The van der Waals surface area contributed by atoms with Gasteiger partial charge in [0.05, 0.1) is 0 Å². The summed E-state index contributed by atoms with van der Waals surface area (Å²) in [5, 5.41) is 3.36. The summed E-state index contributed by atoms with van der Waals surface area (Å²) in [7, 11) is 2.06. The van der Waals surface area contributed by atoms with Crippen LogP contribution in [0.4, 0.5) is 0 Å². The monoisotopic (exact) mass is 213 g/mol. The zero-order valence-corrected chi connectivity index (χ0v) is 12.1. The van der Waals surface area contributed by atoms with Crippen LogP contribution in [-0.4, -0.2) is 13.1 Å². The first-order valence-corrected chi connectivity index (χ1v) is 6.32. The molecule has 0 saturated heterocycles. The minimum Gasteiger partial charge on any atom is -0.317 e. The molecule has 2 unspecified atom stereocenters. The van der Waals surface area contributed by atoms with E-state index >= 15 is 0 Å². The molecule has 0 aromatic rings. The van der Waals surface area contributed by atoms with Gasteiger partial charge in [0.25, 0.3) is 0 Å². The predicted molar refractivity (Wildman–Crippen MR) is 70.2 cm³/mol. The molecule has 0 heterocycles. The lowest BCUT2D eigenvalue weighted by Gasteiger charge is -2.44. The second-order valence-electron chi connectivity index (χ2n) is 6.69. The molecule has 0 bridgehead atoms. The highest BCUT2D eigenvalue weighted by Crippen LogP contribution is 2.44. The lowest BCUT2D eigenvalue weighted by molar-refractivity contribution is 0.0660. The van der Waals surface area contributed by atoms with Gasteiger partial charge in [0.15, 0.2) is 0 Å². The number of nitrogens with one attached hydrogen (secondary N) is 1. The standard InChI is InChI=1S/C14H31N/c1-9-14(6,7)12(13(3,4)5)10-11(2)15-8/h11-12,15H,9-10H2,1-8H3. The molecule has 0 fully saturated rings. The van der Waals surface area contributed by atoms with E-state index in [0.29, 0.717) is 16.9 Å². The van der Waals surface area contributed by atoms with Gasteiger partial charge < -0.3 is 5.32 Å². The van der Waals surface area contributed by atoms with Gasteiger partial charge >= 0.3 is 0 Å². The van der Waals surface area contributed by atoms with E-state index in [1.54, 1.807) is 0 Å². The Morgan fingerprint density at radius 3 is 1.80 bits per heavy atom. The Labute approximate surface area is 97.0 Å². The van der Waals surface area contributed by atoms with E-state index in [4.69, 9.17) is 0 Å². The van der Waals surface area contributed by atoms with E-state index in [0.717, 1.165) is 5.92 Å². The van der Waals surface area contributed by atoms with Crippen LogP contribution >= 0.6 is 0 Å². The van der Waals surface area contributed by atoms with Crippen LogP contribution in [0.15, 0.2) is 0 Å². The highest BCUT2D eigenvalue weighted by molar-refractivity contribution is 4.87. The molecule has 0 aromatic carbocycles. The molecule has 1 nitrogen and oxygen atoms in total. The highest BCUT2D eigenvalue weighted by atomic mass is 14.9. The van der Waals surface area contributed by atoms with Crippen molar-refractivity contribution in [3.05, 3.63) is 0 Å². The van der Waals surface area contributed by atoms with Crippen LogP contribution in [0, 0.1) is 16.7 Å². The third kappa shape index (κ3) is 4.55. The van der Waals surface area contributed by atoms with Crippen LogP contribution < -0.4 is 5.32 Å². The second kappa shape index (κ2) is 5.34. The van der Waals surface area contributed by atoms with Crippen molar-refractivity contribution in [2.45, 2.75) is 67.3 Å². The zero-order chi connectivity index (χ0) is 12.3. The van der Waals surface area contributed by atoms with Crippen molar-refractivity contribution in [2.24, 2.45) is 16.7 Å². The molecule has 1 heteroatoms. The van der Waals surface area contributed by atoms with Crippen molar-refractivity contribution < 1.29 is 0 Å². The van der Waals surface area contributed by atoms with E-state index in [1.165, 1.54) is 12.8 Å². The fraction of sp³-hybridized carbons (Fsp3) is 1.00. The molecule has 0 aliphatic carbocycles. The van der Waals surface area contributed by atoms with Crippen molar-refractivity contribution in [2.75, 3.05) is 7.05 Å². The SMILES string of the molecule is CCC(C)(C)C(CC(C)NC)C(C)(C)C. The molecular formula is C14H31N. The summed E-state index contributed by atoms with van der Waals surface area (Å²) in [6.07, 6.45) is 2.52. The van der Waals surface area contributed by atoms with Gasteiger partial charge in [-0.2, -0.15) is 0 Å². The fourth-order valence-electron chi connectivity index (χ4n) is 2.56. The first-order chi connectivity index (χ1) is 6.65. The molecule has 92 valence electrons. The largest absolute Gasteiger partial charge is 0.317 e. The molecule has 0 aromatic heterocycles. The van der Waals surface area contributed by atoms with Gasteiger partial charge in [-0.25, -0.2) is 0 Å². The first-order valence-electron chi connectivity index (χ1n) is 6.32. The Morgan fingerprint density at radius 2 is 1.53 bits per heavy atom. The summed E-state index contributed by atoms with van der Waals surface area (Å²) in [5.41, 5.74) is 0.827. The molecule has 1 N–H and O–H groups in total. The van der Waals surface area contributed by atoms with Gasteiger partial charge in [0.1, 0.15) is 0 Å². The molecule has 0 amide bonds. The van der Waals surface area contributed by atoms with Gasteiger partial charge in [0, 0.05) is 6.04 Å². The molecule has 2 atom stereocenters. The second-order valence-corrected chi connectivity index (χ2v) is 6.69. The van der Waals surface area contributed by atoms with E-state index in [1.807, 2.05) is 0 Å². The Hall–Kier alpha value is -0.0400. The number of rotatable bonds is 5. The summed E-state index contributed by atoms with van der Waals surface area (Å²) in [4.78, 5) is 0. The van der Waals surface area contributed by atoms with E-state index in [9.17, 15) is 0 Å². The van der Waals surface area contributed by atoms with Gasteiger partial charge in [-0.3, -0.25) is 0 Å². The lowest BCUT2D eigenvalue weighted by Crippen LogP contribution is -2.39. The summed E-state index contributed by atoms with van der Waals surface area (Å²) < 4.78 is 0. The van der Waals surface area contributed by atoms with Crippen LogP contribution in [0.5, 0.6) is 0 Å². The van der Waals surface area contributed by atoms with Crippen molar-refractivity contribution in [1.82, 2.24) is 5.32 Å². The quantitative estimate of drug-likeness (QED) is 0.725. The van der Waals surface area contributed by atoms with Crippen molar-refractivity contribution in [1.29, 1.82) is 0 Å².